The summed E-state index contributed by atoms with van der Waals surface area (Å²) in [7, 11) is -0.266. The van der Waals surface area contributed by atoms with Crippen LogP contribution in [0.1, 0.15) is 24.1 Å². The van der Waals surface area contributed by atoms with Gasteiger partial charge in [0.1, 0.15) is 6.33 Å². The standard InChI is InChI=1S/C23H24N4O2S/c1-16-20(13-25-15-26-16)27-14-19(21(28)22(24-2)30-10-6-7-11-30)18(23(27)29)12-17-8-4-3-5-9-17/h3-5,8-9,13,15,18-19H,6-7,10-12,14H2,1H3/t18-,19+/m1/s1. The number of carbonyl (C=O) groups is 2. The van der Waals surface area contributed by atoms with Crippen molar-refractivity contribution < 1.29 is 9.59 Å². The van der Waals surface area contributed by atoms with Crippen LogP contribution < -0.4 is 4.90 Å². The van der Waals surface area contributed by atoms with Gasteiger partial charge in [0.05, 0.1) is 30.1 Å². The van der Waals surface area contributed by atoms with E-state index in [9.17, 15) is 9.59 Å². The SMILES string of the molecule is [C-]#[N+]C(C(=O)[C@H]1CN(c2cncnc2C)C(=O)[C@@H]1Cc1ccccc1)=S1CCCC1. The van der Waals surface area contributed by atoms with Crippen molar-refractivity contribution in [1.82, 2.24) is 9.97 Å². The quantitative estimate of drug-likeness (QED) is 0.550. The molecule has 2 fully saturated rings. The predicted octanol–water partition coefficient (Wildman–Crippen LogP) is 3.29. The zero-order valence-corrected chi connectivity index (χ0v) is 17.8. The Kier molecular flexibility index (Phi) is 6.05. The first kappa shape index (κ1) is 20.4. The van der Waals surface area contributed by atoms with E-state index in [0.29, 0.717) is 22.8 Å². The minimum absolute atomic E-state index is 0.0887. The van der Waals surface area contributed by atoms with E-state index in [2.05, 4.69) is 14.8 Å². The van der Waals surface area contributed by atoms with Gasteiger partial charge in [-0.25, -0.2) is 14.8 Å². The van der Waals surface area contributed by atoms with Crippen LogP contribution in [0.5, 0.6) is 0 Å². The molecule has 2 aliphatic rings. The lowest BCUT2D eigenvalue weighted by Crippen LogP contribution is -2.30. The molecule has 1 amide bonds. The van der Waals surface area contributed by atoms with Gasteiger partial charge in [0.25, 0.3) is 4.99 Å². The Bertz CT molecular complexity index is 1040. The molecule has 0 saturated carbocycles. The monoisotopic (exact) mass is 420 g/mol. The third kappa shape index (κ3) is 3.92. The summed E-state index contributed by atoms with van der Waals surface area (Å²) < 4.78 is 0. The van der Waals surface area contributed by atoms with Crippen LogP contribution in [-0.2, 0) is 16.0 Å². The van der Waals surface area contributed by atoms with Crippen LogP contribution in [0.15, 0.2) is 42.9 Å². The van der Waals surface area contributed by atoms with Crippen molar-refractivity contribution in [2.24, 2.45) is 11.8 Å². The molecule has 7 heteroatoms. The number of aromatic nitrogens is 2. The van der Waals surface area contributed by atoms with Gasteiger partial charge < -0.3 is 9.69 Å². The molecular formula is C23H24N4O2S. The topological polar surface area (TPSA) is 67.5 Å². The summed E-state index contributed by atoms with van der Waals surface area (Å²) >= 11 is 0. The van der Waals surface area contributed by atoms with Crippen molar-refractivity contribution >= 4 is 32.9 Å². The Morgan fingerprint density at radius 1 is 1.27 bits per heavy atom. The molecule has 154 valence electrons. The number of anilines is 1. The molecule has 2 aliphatic heterocycles. The molecule has 0 bridgehead atoms. The van der Waals surface area contributed by atoms with Crippen molar-refractivity contribution in [3.8, 4) is 0 Å². The second-order valence-corrected chi connectivity index (χ2v) is 9.92. The highest BCUT2D eigenvalue weighted by Crippen LogP contribution is 2.36. The Morgan fingerprint density at radius 3 is 2.67 bits per heavy atom. The summed E-state index contributed by atoms with van der Waals surface area (Å²) in [6.07, 6.45) is 5.71. The van der Waals surface area contributed by atoms with Gasteiger partial charge >= 0.3 is 0 Å². The predicted molar refractivity (Wildman–Crippen MR) is 119 cm³/mol. The molecule has 0 spiro atoms. The maximum Gasteiger partial charge on any atom is 0.255 e. The lowest BCUT2D eigenvalue weighted by Gasteiger charge is -2.17. The maximum atomic E-state index is 13.5. The number of hydrogen-bond acceptors (Lipinski definition) is 4. The maximum absolute atomic E-state index is 13.5. The fraction of sp³-hybridized carbons (Fsp3) is 0.391. The highest BCUT2D eigenvalue weighted by molar-refractivity contribution is 8.17. The molecular weight excluding hydrogens is 396 g/mol. The van der Waals surface area contributed by atoms with E-state index in [-0.39, 0.29) is 28.7 Å². The summed E-state index contributed by atoms with van der Waals surface area (Å²) in [5.74, 6) is 0.610. The molecule has 30 heavy (non-hydrogen) atoms. The van der Waals surface area contributed by atoms with Crippen LogP contribution in [0, 0.1) is 25.3 Å². The lowest BCUT2D eigenvalue weighted by atomic mass is 9.86. The molecule has 4 rings (SSSR count). The molecule has 0 aliphatic carbocycles. The minimum Gasteiger partial charge on any atom is -0.308 e. The number of hydrogen-bond donors (Lipinski definition) is 0. The largest absolute Gasteiger partial charge is 0.308 e. The van der Waals surface area contributed by atoms with E-state index in [0.717, 1.165) is 29.9 Å². The van der Waals surface area contributed by atoms with Crippen molar-refractivity contribution in [2.45, 2.75) is 26.2 Å². The number of ketones is 1. The minimum atomic E-state index is -0.519. The van der Waals surface area contributed by atoms with Crippen LogP contribution in [0.2, 0.25) is 0 Å². The van der Waals surface area contributed by atoms with Gasteiger partial charge in [0, 0.05) is 12.5 Å². The number of amides is 1. The third-order valence-corrected chi connectivity index (χ3v) is 8.28. The van der Waals surface area contributed by atoms with Gasteiger partial charge in [0.2, 0.25) is 5.91 Å². The Morgan fingerprint density at radius 2 is 2.00 bits per heavy atom. The molecule has 2 aromatic rings. The summed E-state index contributed by atoms with van der Waals surface area (Å²) in [5, 5.41) is 0. The summed E-state index contributed by atoms with van der Waals surface area (Å²) in [6.45, 7) is 9.77. The van der Waals surface area contributed by atoms with Crippen LogP contribution in [-0.4, -0.2) is 44.7 Å². The normalized spacial score (nSPS) is 21.6. The number of nitrogens with zero attached hydrogens (tertiary/aromatic N) is 4. The van der Waals surface area contributed by atoms with Crippen molar-refractivity contribution in [3.63, 3.8) is 0 Å². The van der Waals surface area contributed by atoms with Crippen molar-refractivity contribution in [3.05, 3.63) is 65.5 Å². The number of benzene rings is 1. The summed E-state index contributed by atoms with van der Waals surface area (Å²) in [5.41, 5.74) is 2.37. The Hall–Kier alpha value is -2.85. The smallest absolute Gasteiger partial charge is 0.255 e. The lowest BCUT2D eigenvalue weighted by molar-refractivity contribution is -0.124. The zero-order valence-electron chi connectivity index (χ0n) is 17.0. The average molecular weight is 421 g/mol. The van der Waals surface area contributed by atoms with Gasteiger partial charge in [-0.1, -0.05) is 30.3 Å². The summed E-state index contributed by atoms with van der Waals surface area (Å²) in [4.78, 5) is 40.9. The molecule has 1 aromatic carbocycles. The second kappa shape index (κ2) is 8.88. The fourth-order valence-electron chi connectivity index (χ4n) is 4.28. The molecule has 2 saturated heterocycles. The van der Waals surface area contributed by atoms with Gasteiger partial charge in [0.15, 0.2) is 5.78 Å². The first-order valence-corrected chi connectivity index (χ1v) is 11.7. The summed E-state index contributed by atoms with van der Waals surface area (Å²) in [6, 6.07) is 9.77. The fourth-order valence-corrected chi connectivity index (χ4v) is 6.54. The molecule has 3 heterocycles. The van der Waals surface area contributed by atoms with E-state index in [4.69, 9.17) is 6.57 Å². The number of rotatable bonds is 5. The molecule has 0 radical (unpaired) electrons. The molecule has 2 atom stereocenters. The molecule has 0 N–H and O–H groups in total. The highest BCUT2D eigenvalue weighted by atomic mass is 32.2. The average Bonchev–Trinajstić information content (AvgIpc) is 3.39. The van der Waals surface area contributed by atoms with Crippen LogP contribution in [0.4, 0.5) is 5.69 Å². The first-order valence-electron chi connectivity index (χ1n) is 10.2. The second-order valence-electron chi connectivity index (χ2n) is 7.73. The number of Topliss-reactive ketones (excluding diaryl/α,β-unsaturated/α-hetero) is 1. The highest BCUT2D eigenvalue weighted by Gasteiger charge is 2.46. The third-order valence-electron chi connectivity index (χ3n) is 5.88. The first-order chi connectivity index (χ1) is 14.6. The van der Waals surface area contributed by atoms with E-state index < -0.39 is 11.8 Å². The number of carbonyl (C=O) groups excluding carboxylic acids is 2. The molecule has 0 unspecified atom stereocenters. The number of aryl methyl sites for hydroxylation is 1. The Labute approximate surface area is 179 Å². The van der Waals surface area contributed by atoms with E-state index in [1.165, 1.54) is 6.33 Å². The van der Waals surface area contributed by atoms with Gasteiger partial charge in [-0.15, -0.1) is 0 Å². The van der Waals surface area contributed by atoms with Gasteiger partial charge in [-0.2, -0.15) is 10.5 Å². The van der Waals surface area contributed by atoms with Gasteiger partial charge in [-0.05, 0) is 43.3 Å². The van der Waals surface area contributed by atoms with E-state index in [1.54, 1.807) is 11.1 Å². The Balaban J connectivity index is 1.71. The van der Waals surface area contributed by atoms with Crippen molar-refractivity contribution in [1.29, 1.82) is 0 Å². The van der Waals surface area contributed by atoms with E-state index in [1.807, 2.05) is 37.3 Å². The van der Waals surface area contributed by atoms with Crippen LogP contribution in [0.3, 0.4) is 0 Å². The van der Waals surface area contributed by atoms with E-state index >= 15 is 0 Å². The molecule has 1 aromatic heterocycles. The van der Waals surface area contributed by atoms with Crippen LogP contribution >= 0.6 is 10.5 Å². The zero-order chi connectivity index (χ0) is 21.1. The van der Waals surface area contributed by atoms with Crippen molar-refractivity contribution in [2.75, 3.05) is 23.0 Å². The van der Waals surface area contributed by atoms with Gasteiger partial charge in [-0.3, -0.25) is 4.79 Å². The van der Waals surface area contributed by atoms with Crippen LogP contribution in [0.25, 0.3) is 4.85 Å². The molecule has 6 nitrogen and oxygen atoms in total.